The first kappa shape index (κ1) is 15.6. The van der Waals surface area contributed by atoms with Crippen molar-refractivity contribution in [1.29, 1.82) is 0 Å². The van der Waals surface area contributed by atoms with E-state index in [0.717, 1.165) is 40.9 Å². The van der Waals surface area contributed by atoms with Crippen molar-refractivity contribution in [3.8, 4) is 11.5 Å². The SMILES string of the molecule is COc1cc(CNCC2CCC(C)C2)cc(Br)c1OC. The summed E-state index contributed by atoms with van der Waals surface area (Å²) in [5, 5.41) is 3.56. The van der Waals surface area contributed by atoms with Crippen molar-refractivity contribution < 1.29 is 9.47 Å². The number of hydrogen-bond acceptors (Lipinski definition) is 3. The number of ether oxygens (including phenoxy) is 2. The zero-order valence-electron chi connectivity index (χ0n) is 12.5. The molecule has 0 amide bonds. The summed E-state index contributed by atoms with van der Waals surface area (Å²) < 4.78 is 11.6. The lowest BCUT2D eigenvalue weighted by Crippen LogP contribution is -2.21. The van der Waals surface area contributed by atoms with Crippen molar-refractivity contribution in [3.05, 3.63) is 22.2 Å². The Balaban J connectivity index is 1.91. The van der Waals surface area contributed by atoms with Crippen LogP contribution in [0.25, 0.3) is 0 Å². The Morgan fingerprint density at radius 1 is 1.25 bits per heavy atom. The Hall–Kier alpha value is -0.740. The van der Waals surface area contributed by atoms with Crippen LogP contribution < -0.4 is 14.8 Å². The zero-order chi connectivity index (χ0) is 14.5. The van der Waals surface area contributed by atoms with Gasteiger partial charge in [-0.05, 0) is 64.8 Å². The third-order valence-electron chi connectivity index (χ3n) is 4.06. The maximum absolute atomic E-state index is 5.37. The van der Waals surface area contributed by atoms with Gasteiger partial charge in [-0.3, -0.25) is 0 Å². The Morgan fingerprint density at radius 3 is 2.65 bits per heavy atom. The van der Waals surface area contributed by atoms with Gasteiger partial charge in [-0.25, -0.2) is 0 Å². The van der Waals surface area contributed by atoms with Gasteiger partial charge in [0.1, 0.15) is 0 Å². The van der Waals surface area contributed by atoms with E-state index < -0.39 is 0 Å². The first-order chi connectivity index (χ1) is 9.63. The summed E-state index contributed by atoms with van der Waals surface area (Å²) in [6, 6.07) is 4.12. The summed E-state index contributed by atoms with van der Waals surface area (Å²) in [5.41, 5.74) is 1.21. The fourth-order valence-electron chi connectivity index (χ4n) is 3.00. The molecule has 1 N–H and O–H groups in total. The second kappa shape index (κ2) is 7.32. The van der Waals surface area contributed by atoms with Crippen LogP contribution in [0.4, 0.5) is 0 Å². The van der Waals surface area contributed by atoms with Crippen LogP contribution in [0.1, 0.15) is 31.7 Å². The number of methoxy groups -OCH3 is 2. The molecule has 1 aliphatic carbocycles. The molecule has 4 heteroatoms. The predicted octanol–water partition coefficient (Wildman–Crippen LogP) is 3.99. The third-order valence-corrected chi connectivity index (χ3v) is 4.65. The van der Waals surface area contributed by atoms with Gasteiger partial charge in [0.15, 0.2) is 11.5 Å². The van der Waals surface area contributed by atoms with Crippen molar-refractivity contribution in [2.75, 3.05) is 20.8 Å². The van der Waals surface area contributed by atoms with E-state index in [-0.39, 0.29) is 0 Å². The predicted molar refractivity (Wildman–Crippen MR) is 85.5 cm³/mol. The summed E-state index contributed by atoms with van der Waals surface area (Å²) in [5.74, 6) is 3.26. The summed E-state index contributed by atoms with van der Waals surface area (Å²) in [6.07, 6.45) is 4.11. The summed E-state index contributed by atoms with van der Waals surface area (Å²) in [4.78, 5) is 0. The number of halogens is 1. The van der Waals surface area contributed by atoms with Crippen LogP contribution in [0.15, 0.2) is 16.6 Å². The Bertz CT molecular complexity index is 450. The fraction of sp³-hybridized carbons (Fsp3) is 0.625. The molecule has 0 aliphatic heterocycles. The average molecular weight is 342 g/mol. The molecule has 20 heavy (non-hydrogen) atoms. The molecule has 0 aromatic heterocycles. The summed E-state index contributed by atoms with van der Waals surface area (Å²) in [6.45, 7) is 4.32. The van der Waals surface area contributed by atoms with E-state index in [1.54, 1.807) is 14.2 Å². The van der Waals surface area contributed by atoms with Gasteiger partial charge in [-0.15, -0.1) is 0 Å². The summed E-state index contributed by atoms with van der Waals surface area (Å²) in [7, 11) is 3.32. The van der Waals surface area contributed by atoms with Gasteiger partial charge in [-0.1, -0.05) is 13.3 Å². The van der Waals surface area contributed by atoms with Crippen molar-refractivity contribution >= 4 is 15.9 Å². The monoisotopic (exact) mass is 341 g/mol. The van der Waals surface area contributed by atoms with Gasteiger partial charge < -0.3 is 14.8 Å². The molecule has 0 spiro atoms. The van der Waals surface area contributed by atoms with E-state index in [2.05, 4.69) is 34.2 Å². The average Bonchev–Trinajstić information content (AvgIpc) is 2.83. The molecule has 0 bridgehead atoms. The highest BCUT2D eigenvalue weighted by atomic mass is 79.9. The molecule has 1 aromatic rings. The molecule has 1 aliphatic rings. The molecule has 1 fully saturated rings. The zero-order valence-corrected chi connectivity index (χ0v) is 14.1. The van der Waals surface area contributed by atoms with E-state index in [4.69, 9.17) is 9.47 Å². The maximum Gasteiger partial charge on any atom is 0.174 e. The first-order valence-electron chi connectivity index (χ1n) is 7.25. The van der Waals surface area contributed by atoms with Crippen LogP contribution in [-0.2, 0) is 6.54 Å². The highest BCUT2D eigenvalue weighted by molar-refractivity contribution is 9.10. The molecule has 2 atom stereocenters. The minimum Gasteiger partial charge on any atom is -0.493 e. The maximum atomic E-state index is 5.37. The van der Waals surface area contributed by atoms with Crippen LogP contribution in [0, 0.1) is 11.8 Å². The van der Waals surface area contributed by atoms with E-state index in [1.165, 1.54) is 24.8 Å². The van der Waals surface area contributed by atoms with Crippen LogP contribution in [0.5, 0.6) is 11.5 Å². The minimum atomic E-state index is 0.751. The molecule has 2 rings (SSSR count). The molecule has 112 valence electrons. The third kappa shape index (κ3) is 3.89. The van der Waals surface area contributed by atoms with Crippen molar-refractivity contribution in [2.24, 2.45) is 11.8 Å². The van der Waals surface area contributed by atoms with Gasteiger partial charge in [0.2, 0.25) is 0 Å². The number of nitrogens with one attached hydrogen (secondary N) is 1. The molecular formula is C16H24BrNO2. The lowest BCUT2D eigenvalue weighted by atomic mass is 10.1. The molecule has 0 heterocycles. The normalized spacial score (nSPS) is 22.0. The smallest absolute Gasteiger partial charge is 0.174 e. The molecule has 3 nitrogen and oxygen atoms in total. The van der Waals surface area contributed by atoms with Gasteiger partial charge in [0.05, 0.1) is 18.7 Å². The van der Waals surface area contributed by atoms with Crippen LogP contribution in [-0.4, -0.2) is 20.8 Å². The van der Waals surface area contributed by atoms with Crippen molar-refractivity contribution in [1.82, 2.24) is 5.32 Å². The molecule has 1 saturated carbocycles. The molecule has 0 radical (unpaired) electrons. The summed E-state index contributed by atoms with van der Waals surface area (Å²) >= 11 is 3.53. The lowest BCUT2D eigenvalue weighted by molar-refractivity contribution is 0.352. The Morgan fingerprint density at radius 2 is 2.05 bits per heavy atom. The van der Waals surface area contributed by atoms with Gasteiger partial charge in [0.25, 0.3) is 0 Å². The fourth-order valence-corrected chi connectivity index (χ4v) is 3.66. The minimum absolute atomic E-state index is 0.751. The highest BCUT2D eigenvalue weighted by Crippen LogP contribution is 2.36. The van der Waals surface area contributed by atoms with Gasteiger partial charge in [-0.2, -0.15) is 0 Å². The van der Waals surface area contributed by atoms with Gasteiger partial charge in [0, 0.05) is 6.54 Å². The first-order valence-corrected chi connectivity index (χ1v) is 8.04. The topological polar surface area (TPSA) is 30.5 Å². The lowest BCUT2D eigenvalue weighted by Gasteiger charge is -2.14. The number of hydrogen-bond donors (Lipinski definition) is 1. The van der Waals surface area contributed by atoms with E-state index in [1.807, 2.05) is 6.07 Å². The molecule has 1 aromatic carbocycles. The van der Waals surface area contributed by atoms with E-state index >= 15 is 0 Å². The van der Waals surface area contributed by atoms with Crippen LogP contribution in [0.3, 0.4) is 0 Å². The van der Waals surface area contributed by atoms with Crippen molar-refractivity contribution in [3.63, 3.8) is 0 Å². The van der Waals surface area contributed by atoms with Crippen LogP contribution in [0.2, 0.25) is 0 Å². The van der Waals surface area contributed by atoms with E-state index in [9.17, 15) is 0 Å². The molecular weight excluding hydrogens is 318 g/mol. The van der Waals surface area contributed by atoms with Crippen molar-refractivity contribution in [2.45, 2.75) is 32.7 Å². The quantitative estimate of drug-likeness (QED) is 0.848. The largest absolute Gasteiger partial charge is 0.493 e. The Kier molecular flexibility index (Phi) is 5.73. The van der Waals surface area contributed by atoms with Gasteiger partial charge >= 0.3 is 0 Å². The number of benzene rings is 1. The standard InChI is InChI=1S/C16H24BrNO2/c1-11-4-5-12(6-11)9-18-10-13-7-14(17)16(20-3)15(8-13)19-2/h7-8,11-12,18H,4-6,9-10H2,1-3H3. The van der Waals surface area contributed by atoms with E-state index in [0.29, 0.717) is 0 Å². The highest BCUT2D eigenvalue weighted by Gasteiger charge is 2.20. The number of rotatable bonds is 6. The second-order valence-electron chi connectivity index (χ2n) is 5.73. The molecule has 2 unspecified atom stereocenters. The second-order valence-corrected chi connectivity index (χ2v) is 6.58. The van der Waals surface area contributed by atoms with Crippen LogP contribution >= 0.6 is 15.9 Å². The Labute approximate surface area is 130 Å². The molecule has 0 saturated heterocycles.